The van der Waals surface area contributed by atoms with Gasteiger partial charge in [0.1, 0.15) is 0 Å². The summed E-state index contributed by atoms with van der Waals surface area (Å²) in [5, 5.41) is 5.81. The predicted molar refractivity (Wildman–Crippen MR) is 111 cm³/mol. The van der Waals surface area contributed by atoms with Gasteiger partial charge in [-0.1, -0.05) is 32.0 Å². The van der Waals surface area contributed by atoms with Gasteiger partial charge in [0, 0.05) is 18.4 Å². The van der Waals surface area contributed by atoms with Crippen LogP contribution in [-0.4, -0.2) is 27.7 Å². The van der Waals surface area contributed by atoms with Gasteiger partial charge in [0.2, 0.25) is 5.82 Å². The Hall–Kier alpha value is -3.15. The molecule has 2 N–H and O–H groups in total. The number of aromatic nitrogens is 2. The lowest BCUT2D eigenvalue weighted by molar-refractivity contribution is 0.0949. The number of hydrogen-bond donors (Lipinski definition) is 2. The van der Waals surface area contributed by atoms with Gasteiger partial charge < -0.3 is 10.6 Å². The number of aryl methyl sites for hydroxylation is 1. The average molecular weight is 378 g/mol. The molecule has 3 aromatic rings. The molecule has 0 aliphatic heterocycles. The highest BCUT2D eigenvalue weighted by Crippen LogP contribution is 2.20. The third kappa shape index (κ3) is 4.06. The molecule has 0 fully saturated rings. The van der Waals surface area contributed by atoms with E-state index in [2.05, 4.69) is 29.5 Å². The van der Waals surface area contributed by atoms with Crippen LogP contribution in [0.25, 0.3) is 5.52 Å². The zero-order chi connectivity index (χ0) is 20.3. The van der Waals surface area contributed by atoms with E-state index in [4.69, 9.17) is 0 Å². The molecule has 0 aliphatic rings. The quantitative estimate of drug-likeness (QED) is 0.681. The standard InChI is InChI=1S/C22H26N4O2/c1-14(2)11-12-23-21(27)19-18-10-5-6-13-26(18)20(25-19)22(28)24-17-9-7-8-15(3)16(17)4/h5-10,13-14H,11-12H2,1-4H3,(H,23,27)(H,24,28). The molecular formula is C22H26N4O2. The molecule has 0 unspecified atom stereocenters. The van der Waals surface area contributed by atoms with Crippen molar-refractivity contribution in [2.75, 3.05) is 11.9 Å². The van der Waals surface area contributed by atoms with Gasteiger partial charge in [0.15, 0.2) is 5.69 Å². The van der Waals surface area contributed by atoms with Crippen molar-refractivity contribution in [1.29, 1.82) is 0 Å². The van der Waals surface area contributed by atoms with Crippen molar-refractivity contribution in [3.05, 3.63) is 65.2 Å². The van der Waals surface area contributed by atoms with Crippen molar-refractivity contribution in [2.45, 2.75) is 34.1 Å². The number of carbonyl (C=O) groups is 2. The van der Waals surface area contributed by atoms with Crippen molar-refractivity contribution >= 4 is 23.0 Å². The molecule has 28 heavy (non-hydrogen) atoms. The van der Waals surface area contributed by atoms with Crippen molar-refractivity contribution < 1.29 is 9.59 Å². The fourth-order valence-corrected chi connectivity index (χ4v) is 2.99. The predicted octanol–water partition coefficient (Wildman–Crippen LogP) is 3.98. The third-order valence-electron chi connectivity index (χ3n) is 4.83. The number of carbonyl (C=O) groups excluding carboxylic acids is 2. The Bertz CT molecular complexity index is 1020. The molecule has 2 amide bonds. The summed E-state index contributed by atoms with van der Waals surface area (Å²) in [6, 6.07) is 11.2. The minimum Gasteiger partial charge on any atom is -0.351 e. The first kappa shape index (κ1) is 19.6. The molecule has 0 radical (unpaired) electrons. The highest BCUT2D eigenvalue weighted by Gasteiger charge is 2.21. The van der Waals surface area contributed by atoms with Gasteiger partial charge in [-0.3, -0.25) is 14.0 Å². The number of hydrogen-bond acceptors (Lipinski definition) is 3. The summed E-state index contributed by atoms with van der Waals surface area (Å²) in [5.41, 5.74) is 3.70. The SMILES string of the molecule is Cc1cccc(NC(=O)c2nc(C(=O)NCCC(C)C)c3ccccn23)c1C. The number of amides is 2. The molecular weight excluding hydrogens is 352 g/mol. The van der Waals surface area contributed by atoms with Crippen LogP contribution in [0.2, 0.25) is 0 Å². The molecule has 2 heterocycles. The summed E-state index contributed by atoms with van der Waals surface area (Å²) < 4.78 is 1.65. The molecule has 3 rings (SSSR count). The summed E-state index contributed by atoms with van der Waals surface area (Å²) in [6.07, 6.45) is 2.63. The summed E-state index contributed by atoms with van der Waals surface area (Å²) in [4.78, 5) is 29.9. The van der Waals surface area contributed by atoms with Crippen molar-refractivity contribution in [2.24, 2.45) is 5.92 Å². The lowest BCUT2D eigenvalue weighted by Crippen LogP contribution is -2.26. The largest absolute Gasteiger partial charge is 0.351 e. The second kappa shape index (κ2) is 8.25. The highest BCUT2D eigenvalue weighted by molar-refractivity contribution is 6.06. The first-order valence-corrected chi connectivity index (χ1v) is 9.51. The topological polar surface area (TPSA) is 75.5 Å². The number of nitrogens with zero attached hydrogens (tertiary/aromatic N) is 2. The number of rotatable bonds is 6. The fraction of sp³-hybridized carbons (Fsp3) is 0.318. The van der Waals surface area contributed by atoms with Crippen molar-refractivity contribution in [3.8, 4) is 0 Å². The minimum absolute atomic E-state index is 0.186. The maximum Gasteiger partial charge on any atom is 0.292 e. The zero-order valence-corrected chi connectivity index (χ0v) is 16.7. The van der Waals surface area contributed by atoms with Gasteiger partial charge in [-0.15, -0.1) is 0 Å². The summed E-state index contributed by atoms with van der Waals surface area (Å²) in [5.74, 6) is 0.0646. The van der Waals surface area contributed by atoms with Crippen LogP contribution >= 0.6 is 0 Å². The molecule has 6 nitrogen and oxygen atoms in total. The van der Waals surface area contributed by atoms with Gasteiger partial charge in [-0.05, 0) is 55.5 Å². The van der Waals surface area contributed by atoms with Crippen LogP contribution in [0.15, 0.2) is 42.6 Å². The number of anilines is 1. The van der Waals surface area contributed by atoms with E-state index in [0.717, 1.165) is 23.2 Å². The third-order valence-corrected chi connectivity index (χ3v) is 4.83. The van der Waals surface area contributed by atoms with Gasteiger partial charge >= 0.3 is 0 Å². The second-order valence-corrected chi connectivity index (χ2v) is 7.38. The second-order valence-electron chi connectivity index (χ2n) is 7.38. The number of pyridine rings is 1. The van der Waals surface area contributed by atoms with E-state index in [0.29, 0.717) is 18.0 Å². The Morgan fingerprint density at radius 3 is 2.61 bits per heavy atom. The molecule has 0 bridgehead atoms. The number of nitrogens with one attached hydrogen (secondary N) is 2. The number of benzene rings is 1. The molecule has 0 saturated carbocycles. The lowest BCUT2D eigenvalue weighted by atomic mass is 10.1. The van der Waals surface area contributed by atoms with Crippen molar-refractivity contribution in [3.63, 3.8) is 0 Å². The highest BCUT2D eigenvalue weighted by atomic mass is 16.2. The first-order valence-electron chi connectivity index (χ1n) is 9.51. The van der Waals surface area contributed by atoms with E-state index in [1.807, 2.05) is 44.2 Å². The molecule has 2 aromatic heterocycles. The van der Waals surface area contributed by atoms with Crippen LogP contribution in [-0.2, 0) is 0 Å². The number of imidazole rings is 1. The van der Waals surface area contributed by atoms with E-state index in [1.165, 1.54) is 0 Å². The zero-order valence-electron chi connectivity index (χ0n) is 16.7. The Morgan fingerprint density at radius 2 is 1.86 bits per heavy atom. The van der Waals surface area contributed by atoms with Crippen LogP contribution < -0.4 is 10.6 Å². The first-order chi connectivity index (χ1) is 13.4. The number of fused-ring (bicyclic) bond motifs is 1. The minimum atomic E-state index is -0.351. The maximum absolute atomic E-state index is 12.9. The summed E-state index contributed by atoms with van der Waals surface area (Å²) in [7, 11) is 0. The molecule has 0 aliphatic carbocycles. The Labute approximate surface area is 165 Å². The van der Waals surface area contributed by atoms with Gasteiger partial charge in [0.25, 0.3) is 11.8 Å². The van der Waals surface area contributed by atoms with Gasteiger partial charge in [0.05, 0.1) is 5.52 Å². The monoisotopic (exact) mass is 378 g/mol. The van der Waals surface area contributed by atoms with Crippen LogP contribution in [0.5, 0.6) is 0 Å². The Balaban J connectivity index is 1.90. The van der Waals surface area contributed by atoms with Gasteiger partial charge in [-0.25, -0.2) is 4.98 Å². The fourth-order valence-electron chi connectivity index (χ4n) is 2.99. The van der Waals surface area contributed by atoms with E-state index in [1.54, 1.807) is 16.7 Å². The average Bonchev–Trinajstić information content (AvgIpc) is 3.05. The maximum atomic E-state index is 12.9. The van der Waals surface area contributed by atoms with Gasteiger partial charge in [-0.2, -0.15) is 0 Å². The molecule has 6 heteroatoms. The normalized spacial score (nSPS) is 11.0. The smallest absolute Gasteiger partial charge is 0.292 e. The Kier molecular flexibility index (Phi) is 5.78. The van der Waals surface area contributed by atoms with Crippen LogP contribution in [0.1, 0.15) is 52.5 Å². The van der Waals surface area contributed by atoms with E-state index in [9.17, 15) is 9.59 Å². The van der Waals surface area contributed by atoms with E-state index >= 15 is 0 Å². The summed E-state index contributed by atoms with van der Waals surface area (Å²) >= 11 is 0. The van der Waals surface area contributed by atoms with Crippen molar-refractivity contribution in [1.82, 2.24) is 14.7 Å². The molecule has 146 valence electrons. The van der Waals surface area contributed by atoms with E-state index < -0.39 is 0 Å². The molecule has 0 saturated heterocycles. The molecule has 0 atom stereocenters. The molecule has 1 aromatic carbocycles. The van der Waals surface area contributed by atoms with E-state index in [-0.39, 0.29) is 23.3 Å². The lowest BCUT2D eigenvalue weighted by Gasteiger charge is -2.09. The van der Waals surface area contributed by atoms with Crippen LogP contribution in [0, 0.1) is 19.8 Å². The Morgan fingerprint density at radius 1 is 1.07 bits per heavy atom. The van der Waals surface area contributed by atoms with Crippen LogP contribution in [0.3, 0.4) is 0 Å². The van der Waals surface area contributed by atoms with Crippen LogP contribution in [0.4, 0.5) is 5.69 Å². The summed E-state index contributed by atoms with van der Waals surface area (Å²) in [6.45, 7) is 8.74. The molecule has 0 spiro atoms.